The number of aliphatic hydroxyl groups excluding tert-OH is 1. The number of halogens is 1. The second-order valence-corrected chi connectivity index (χ2v) is 8.62. The molecule has 1 amide bonds. The highest BCUT2D eigenvalue weighted by Gasteiger charge is 2.25. The molecular weight excluding hydrogens is 435 g/mol. The van der Waals surface area contributed by atoms with Crippen molar-refractivity contribution in [3.05, 3.63) is 41.5 Å². The molecule has 0 spiro atoms. The zero-order valence-electron chi connectivity index (χ0n) is 19.8. The maximum absolute atomic E-state index is 14.0. The summed E-state index contributed by atoms with van der Waals surface area (Å²) in [5, 5.41) is 8.99. The Labute approximate surface area is 193 Å². The first-order valence-corrected chi connectivity index (χ1v) is 10.5. The van der Waals surface area contributed by atoms with E-state index >= 15 is 0 Å². The van der Waals surface area contributed by atoms with E-state index in [9.17, 15) is 14.0 Å². The Bertz CT molecular complexity index is 873. The van der Waals surface area contributed by atoms with Crippen LogP contribution in [0.25, 0.3) is 0 Å². The molecule has 0 saturated heterocycles. The van der Waals surface area contributed by atoms with Crippen molar-refractivity contribution in [2.24, 2.45) is 0 Å². The Morgan fingerprint density at radius 3 is 2.64 bits per heavy atom. The van der Waals surface area contributed by atoms with Gasteiger partial charge < -0.3 is 34.5 Å². The Kier molecular flexibility index (Phi) is 9.03. The fourth-order valence-corrected chi connectivity index (χ4v) is 2.86. The number of likely N-dealkylation sites (N-methyl/N-ethyl adjacent to an activating group) is 1. The van der Waals surface area contributed by atoms with E-state index in [0.29, 0.717) is 11.3 Å². The van der Waals surface area contributed by atoms with E-state index in [0.717, 1.165) is 0 Å². The van der Waals surface area contributed by atoms with Gasteiger partial charge in [-0.3, -0.25) is 4.79 Å². The fraction of sp³-hybridized carbons (Fsp3) is 0.545. The number of carbonyl (C=O) groups is 2. The summed E-state index contributed by atoms with van der Waals surface area (Å²) in [4.78, 5) is 26.7. The molecule has 2 rings (SSSR count). The van der Waals surface area contributed by atoms with Gasteiger partial charge in [-0.25, -0.2) is 9.18 Å². The first kappa shape index (κ1) is 26.4. The number of hydrazine groups is 1. The van der Waals surface area contributed by atoms with E-state index in [1.807, 2.05) is 0 Å². The third-order valence-corrected chi connectivity index (χ3v) is 4.61. The number of Topliss-reactive ketones (excluding diaryl/α,β-unsaturated/α-hetero) is 1. The van der Waals surface area contributed by atoms with Crippen LogP contribution in [0.15, 0.2) is 30.1 Å². The fourth-order valence-electron chi connectivity index (χ4n) is 2.86. The lowest BCUT2D eigenvalue weighted by molar-refractivity contribution is -0.122. The van der Waals surface area contributed by atoms with Gasteiger partial charge in [-0.1, -0.05) is 0 Å². The number of benzene rings is 1. The lowest BCUT2D eigenvalue weighted by atomic mass is 10.1. The van der Waals surface area contributed by atoms with Crippen LogP contribution in [-0.4, -0.2) is 72.6 Å². The maximum Gasteiger partial charge on any atom is 0.410 e. The van der Waals surface area contributed by atoms with Crippen LogP contribution in [0.4, 0.5) is 9.18 Å². The van der Waals surface area contributed by atoms with Gasteiger partial charge in [0.1, 0.15) is 36.1 Å². The second-order valence-electron chi connectivity index (χ2n) is 8.62. The van der Waals surface area contributed by atoms with Crippen molar-refractivity contribution in [1.29, 1.82) is 0 Å². The molecule has 1 aromatic carbocycles. The van der Waals surface area contributed by atoms with Gasteiger partial charge in [-0.15, -0.1) is 0 Å². The SMILES string of the molecule is CC(OC1NNC(C(=O)CO)=CN1C)c1cc(F)ccc1OCCN(C)C(=O)OC(C)(C)C. The third kappa shape index (κ3) is 7.88. The molecule has 3 N–H and O–H groups in total. The number of nitrogens with zero attached hydrogens (tertiary/aromatic N) is 2. The summed E-state index contributed by atoms with van der Waals surface area (Å²) in [7, 11) is 3.29. The van der Waals surface area contributed by atoms with E-state index in [1.54, 1.807) is 46.7 Å². The highest BCUT2D eigenvalue weighted by atomic mass is 19.1. The number of hydrogen-bond donors (Lipinski definition) is 3. The molecule has 1 heterocycles. The molecular formula is C22H33FN4O6. The molecule has 1 aliphatic heterocycles. The van der Waals surface area contributed by atoms with Crippen molar-refractivity contribution >= 4 is 11.9 Å². The quantitative estimate of drug-likeness (QED) is 0.500. The van der Waals surface area contributed by atoms with Crippen LogP contribution in [0, 0.1) is 5.82 Å². The van der Waals surface area contributed by atoms with E-state index in [-0.39, 0.29) is 18.8 Å². The summed E-state index contributed by atoms with van der Waals surface area (Å²) >= 11 is 0. The number of aliphatic hydroxyl groups is 1. The average molecular weight is 469 g/mol. The van der Waals surface area contributed by atoms with Gasteiger partial charge in [-0.05, 0) is 45.9 Å². The molecule has 0 bridgehead atoms. The van der Waals surface area contributed by atoms with Crippen LogP contribution < -0.4 is 15.6 Å². The molecule has 0 aliphatic carbocycles. The number of nitrogens with one attached hydrogen (secondary N) is 2. The van der Waals surface area contributed by atoms with Gasteiger partial charge in [-0.2, -0.15) is 5.43 Å². The van der Waals surface area contributed by atoms with Gasteiger partial charge in [0.25, 0.3) is 0 Å². The van der Waals surface area contributed by atoms with Crippen LogP contribution in [0.2, 0.25) is 0 Å². The van der Waals surface area contributed by atoms with Crippen LogP contribution in [0.1, 0.15) is 39.4 Å². The molecule has 0 fully saturated rings. The Hall–Kier alpha value is -2.89. The average Bonchev–Trinajstić information content (AvgIpc) is 2.74. The molecule has 184 valence electrons. The van der Waals surface area contributed by atoms with E-state index in [1.165, 1.54) is 29.3 Å². The van der Waals surface area contributed by atoms with Crippen LogP contribution >= 0.6 is 0 Å². The zero-order valence-corrected chi connectivity index (χ0v) is 19.8. The van der Waals surface area contributed by atoms with Gasteiger partial charge in [0.15, 0.2) is 0 Å². The Morgan fingerprint density at radius 2 is 2.03 bits per heavy atom. The van der Waals surface area contributed by atoms with Crippen molar-refractivity contribution in [2.45, 2.75) is 45.8 Å². The minimum Gasteiger partial charge on any atom is -0.491 e. The van der Waals surface area contributed by atoms with Gasteiger partial charge in [0, 0.05) is 25.9 Å². The number of ether oxygens (including phenoxy) is 3. The minimum absolute atomic E-state index is 0.166. The molecule has 0 radical (unpaired) electrons. The largest absolute Gasteiger partial charge is 0.491 e. The van der Waals surface area contributed by atoms with Crippen LogP contribution in [-0.2, 0) is 14.3 Å². The topological polar surface area (TPSA) is 113 Å². The van der Waals surface area contributed by atoms with Crippen LogP contribution in [0.3, 0.4) is 0 Å². The first-order chi connectivity index (χ1) is 15.4. The summed E-state index contributed by atoms with van der Waals surface area (Å²) in [6, 6.07) is 4.11. The van der Waals surface area contributed by atoms with Crippen molar-refractivity contribution in [3.8, 4) is 5.75 Å². The summed E-state index contributed by atoms with van der Waals surface area (Å²) in [5.41, 5.74) is 5.58. The number of hydrogen-bond acceptors (Lipinski definition) is 9. The molecule has 0 saturated carbocycles. The molecule has 2 unspecified atom stereocenters. The number of carbonyl (C=O) groups excluding carboxylic acids is 2. The van der Waals surface area contributed by atoms with Gasteiger partial charge >= 0.3 is 6.09 Å². The van der Waals surface area contributed by atoms with Crippen molar-refractivity contribution < 1.29 is 33.3 Å². The normalized spacial score (nSPS) is 17.0. The van der Waals surface area contributed by atoms with Crippen molar-refractivity contribution in [2.75, 3.05) is 33.9 Å². The van der Waals surface area contributed by atoms with Crippen LogP contribution in [0.5, 0.6) is 5.75 Å². The predicted octanol–water partition coefficient (Wildman–Crippen LogP) is 1.87. The molecule has 11 heteroatoms. The number of amides is 1. The second kappa shape index (κ2) is 11.3. The predicted molar refractivity (Wildman–Crippen MR) is 118 cm³/mol. The molecule has 1 aliphatic rings. The molecule has 1 aromatic rings. The monoisotopic (exact) mass is 468 g/mol. The van der Waals surface area contributed by atoms with E-state index < -0.39 is 42.4 Å². The smallest absolute Gasteiger partial charge is 0.410 e. The molecule has 33 heavy (non-hydrogen) atoms. The standard InChI is InChI=1S/C22H33FN4O6/c1-14(32-20-25-24-17(12-27(20)6)18(29)13-28)16-11-15(23)7-8-19(16)31-10-9-26(5)21(30)33-22(2,3)4/h7-8,11-12,14,20,24-25,28H,9-10,13H2,1-6H3. The summed E-state index contributed by atoms with van der Waals surface area (Å²) in [5.74, 6) is -0.505. The van der Waals surface area contributed by atoms with Crippen molar-refractivity contribution in [1.82, 2.24) is 20.7 Å². The first-order valence-electron chi connectivity index (χ1n) is 10.5. The Balaban J connectivity index is 2.00. The molecule has 10 nitrogen and oxygen atoms in total. The lowest BCUT2D eigenvalue weighted by Crippen LogP contribution is -2.55. The summed E-state index contributed by atoms with van der Waals surface area (Å²) in [6.45, 7) is 6.92. The van der Waals surface area contributed by atoms with Crippen molar-refractivity contribution in [3.63, 3.8) is 0 Å². The minimum atomic E-state index is -0.676. The Morgan fingerprint density at radius 1 is 1.33 bits per heavy atom. The van der Waals surface area contributed by atoms with Gasteiger partial charge in [0.2, 0.25) is 12.1 Å². The molecule has 0 aromatic heterocycles. The highest BCUT2D eigenvalue weighted by molar-refractivity contribution is 5.95. The zero-order chi connectivity index (χ0) is 24.8. The van der Waals surface area contributed by atoms with Gasteiger partial charge in [0.05, 0.1) is 12.6 Å². The van der Waals surface area contributed by atoms with E-state index in [2.05, 4.69) is 10.9 Å². The summed E-state index contributed by atoms with van der Waals surface area (Å²) in [6.07, 6.45) is -0.232. The number of rotatable bonds is 9. The van der Waals surface area contributed by atoms with E-state index in [4.69, 9.17) is 19.3 Å². The third-order valence-electron chi connectivity index (χ3n) is 4.61. The highest BCUT2D eigenvalue weighted by Crippen LogP contribution is 2.30. The summed E-state index contributed by atoms with van der Waals surface area (Å²) < 4.78 is 31.1. The maximum atomic E-state index is 14.0. The number of ketones is 1. The molecule has 2 atom stereocenters. The lowest BCUT2D eigenvalue weighted by Gasteiger charge is -2.35.